The second kappa shape index (κ2) is 5.75. The normalized spacial score (nSPS) is 18.3. The van der Waals surface area contributed by atoms with Crippen LogP contribution in [0.5, 0.6) is 0 Å². The number of carbonyl (C=O) groups excluding carboxylic acids is 2. The third kappa shape index (κ3) is 3.08. The zero-order valence-electron chi connectivity index (χ0n) is 10.7. The monoisotopic (exact) mass is 294 g/mol. The Labute approximate surface area is 117 Å². The van der Waals surface area contributed by atoms with Gasteiger partial charge in [0.2, 0.25) is 0 Å². The summed E-state index contributed by atoms with van der Waals surface area (Å²) in [7, 11) is 0. The van der Waals surface area contributed by atoms with Crippen LogP contribution in [0.4, 0.5) is 11.4 Å². The maximum Gasteiger partial charge on any atom is 0.277 e. The molecule has 0 bridgehead atoms. The fourth-order valence-electron chi connectivity index (χ4n) is 2.01. The van der Waals surface area contributed by atoms with Crippen LogP contribution in [0.25, 0.3) is 0 Å². The van der Waals surface area contributed by atoms with Crippen LogP contribution in [0.15, 0.2) is 18.2 Å². The lowest BCUT2D eigenvalue weighted by atomic mass is 9.91. The second-order valence-corrected chi connectivity index (χ2v) is 4.46. The molecule has 9 heteroatoms. The number of nitro benzene ring substituents is 2. The zero-order valence-corrected chi connectivity index (χ0v) is 10.7. The number of rotatable bonds is 4. The lowest BCUT2D eigenvalue weighted by Gasteiger charge is -2.19. The van der Waals surface area contributed by atoms with Gasteiger partial charge in [-0.25, -0.2) is 0 Å². The summed E-state index contributed by atoms with van der Waals surface area (Å²) in [5, 5.41) is 21.5. The number of Topliss-reactive ketones (excluding diaryl/α,β-unsaturated/α-hetero) is 2. The summed E-state index contributed by atoms with van der Waals surface area (Å²) in [6, 6.07) is 2.62. The van der Waals surface area contributed by atoms with E-state index in [1.807, 2.05) is 0 Å². The van der Waals surface area contributed by atoms with Crippen LogP contribution in [0, 0.1) is 26.1 Å². The van der Waals surface area contributed by atoms with Crippen molar-refractivity contribution >= 4 is 22.9 Å². The molecular formula is C12H10N2O7. The summed E-state index contributed by atoms with van der Waals surface area (Å²) >= 11 is 0. The molecule has 1 heterocycles. The van der Waals surface area contributed by atoms with Crippen molar-refractivity contribution in [1.82, 2.24) is 0 Å². The maximum absolute atomic E-state index is 12.2. The maximum atomic E-state index is 12.2. The molecule has 1 fully saturated rings. The SMILES string of the molecule is O=C1CCOCC1C(=O)c1cc([N+](=O)[O-])cc([N+](=O)[O-])c1. The van der Waals surface area contributed by atoms with Gasteiger partial charge in [0.15, 0.2) is 5.78 Å². The lowest BCUT2D eigenvalue weighted by Crippen LogP contribution is -2.34. The van der Waals surface area contributed by atoms with Crippen molar-refractivity contribution in [2.45, 2.75) is 6.42 Å². The van der Waals surface area contributed by atoms with Gasteiger partial charge in [0.1, 0.15) is 11.7 Å². The van der Waals surface area contributed by atoms with Crippen molar-refractivity contribution in [3.05, 3.63) is 44.0 Å². The lowest BCUT2D eigenvalue weighted by molar-refractivity contribution is -0.394. The van der Waals surface area contributed by atoms with Gasteiger partial charge in [-0.1, -0.05) is 0 Å². The average Bonchev–Trinajstić information content (AvgIpc) is 2.46. The number of ketones is 2. The van der Waals surface area contributed by atoms with E-state index in [9.17, 15) is 29.8 Å². The van der Waals surface area contributed by atoms with E-state index in [-0.39, 0.29) is 31.0 Å². The van der Waals surface area contributed by atoms with Gasteiger partial charge in [0.05, 0.1) is 29.1 Å². The molecule has 21 heavy (non-hydrogen) atoms. The average molecular weight is 294 g/mol. The first kappa shape index (κ1) is 14.7. The number of nitro groups is 2. The van der Waals surface area contributed by atoms with E-state index in [0.29, 0.717) is 0 Å². The van der Waals surface area contributed by atoms with Gasteiger partial charge >= 0.3 is 0 Å². The highest BCUT2D eigenvalue weighted by Gasteiger charge is 2.32. The summed E-state index contributed by atoms with van der Waals surface area (Å²) in [6.45, 7) is 0.103. The molecule has 1 aliphatic heterocycles. The van der Waals surface area contributed by atoms with E-state index in [4.69, 9.17) is 4.74 Å². The first-order valence-electron chi connectivity index (χ1n) is 5.98. The third-order valence-electron chi connectivity index (χ3n) is 3.09. The molecule has 9 nitrogen and oxygen atoms in total. The molecule has 0 aliphatic carbocycles. The van der Waals surface area contributed by atoms with E-state index < -0.39 is 32.9 Å². The number of non-ortho nitro benzene ring substituents is 2. The molecule has 1 unspecified atom stereocenters. The Bertz CT molecular complexity index is 608. The van der Waals surface area contributed by atoms with Crippen LogP contribution < -0.4 is 0 Å². The Morgan fingerprint density at radius 3 is 2.19 bits per heavy atom. The molecule has 0 spiro atoms. The van der Waals surface area contributed by atoms with E-state index >= 15 is 0 Å². The Kier molecular flexibility index (Phi) is 4.03. The van der Waals surface area contributed by atoms with Crippen molar-refractivity contribution in [1.29, 1.82) is 0 Å². The Morgan fingerprint density at radius 2 is 1.71 bits per heavy atom. The molecule has 0 N–H and O–H groups in total. The highest BCUT2D eigenvalue weighted by molar-refractivity contribution is 6.11. The molecular weight excluding hydrogens is 284 g/mol. The second-order valence-electron chi connectivity index (χ2n) is 4.46. The molecule has 110 valence electrons. The summed E-state index contributed by atoms with van der Waals surface area (Å²) in [6.07, 6.45) is 0.0768. The van der Waals surface area contributed by atoms with Gasteiger partial charge in [0, 0.05) is 24.1 Å². The predicted octanol–water partition coefficient (Wildman–Crippen LogP) is 1.29. The number of ether oxygens (including phenoxy) is 1. The Hall–Kier alpha value is -2.68. The van der Waals surface area contributed by atoms with Crippen LogP contribution in [0.3, 0.4) is 0 Å². The Morgan fingerprint density at radius 1 is 1.14 bits per heavy atom. The summed E-state index contributed by atoms with van der Waals surface area (Å²) < 4.78 is 5.04. The minimum absolute atomic E-state index is 0.0768. The van der Waals surface area contributed by atoms with Crippen LogP contribution in [0.1, 0.15) is 16.8 Å². The topological polar surface area (TPSA) is 130 Å². The fraction of sp³-hybridized carbons (Fsp3) is 0.333. The number of hydrogen-bond acceptors (Lipinski definition) is 7. The van der Waals surface area contributed by atoms with Gasteiger partial charge in [-0.15, -0.1) is 0 Å². The molecule has 1 saturated heterocycles. The van der Waals surface area contributed by atoms with E-state index in [1.54, 1.807) is 0 Å². The molecule has 0 radical (unpaired) electrons. The van der Waals surface area contributed by atoms with Crippen molar-refractivity contribution in [3.63, 3.8) is 0 Å². The quantitative estimate of drug-likeness (QED) is 0.354. The van der Waals surface area contributed by atoms with Crippen LogP contribution in [-0.4, -0.2) is 34.6 Å². The standard InChI is InChI=1S/C12H10N2O7/c15-11-1-2-21-6-10(11)12(16)7-3-8(13(17)18)5-9(4-7)14(19)20/h3-5,10H,1-2,6H2. The number of nitrogens with zero attached hydrogens (tertiary/aromatic N) is 2. The first-order valence-corrected chi connectivity index (χ1v) is 5.98. The minimum atomic E-state index is -1.07. The smallest absolute Gasteiger partial charge is 0.277 e. The molecule has 1 aromatic rings. The summed E-state index contributed by atoms with van der Waals surface area (Å²) in [5.74, 6) is -2.10. The van der Waals surface area contributed by atoms with E-state index in [0.717, 1.165) is 18.2 Å². The van der Waals surface area contributed by atoms with Crippen LogP contribution in [0.2, 0.25) is 0 Å². The number of hydrogen-bond donors (Lipinski definition) is 0. The van der Waals surface area contributed by atoms with Crippen LogP contribution >= 0.6 is 0 Å². The zero-order chi connectivity index (χ0) is 15.6. The fourth-order valence-corrected chi connectivity index (χ4v) is 2.01. The highest BCUT2D eigenvalue weighted by Crippen LogP contribution is 2.25. The van der Waals surface area contributed by atoms with Gasteiger partial charge in [-0.2, -0.15) is 0 Å². The van der Waals surface area contributed by atoms with Crippen molar-refractivity contribution < 1.29 is 24.2 Å². The largest absolute Gasteiger partial charge is 0.380 e. The highest BCUT2D eigenvalue weighted by atomic mass is 16.6. The van der Waals surface area contributed by atoms with Gasteiger partial charge < -0.3 is 4.74 Å². The minimum Gasteiger partial charge on any atom is -0.380 e. The molecule has 2 rings (SSSR count). The van der Waals surface area contributed by atoms with Crippen molar-refractivity contribution in [2.75, 3.05) is 13.2 Å². The van der Waals surface area contributed by atoms with E-state index in [2.05, 4.69) is 0 Å². The van der Waals surface area contributed by atoms with Crippen molar-refractivity contribution in [3.8, 4) is 0 Å². The van der Waals surface area contributed by atoms with Crippen molar-refractivity contribution in [2.24, 2.45) is 5.92 Å². The number of benzene rings is 1. The molecule has 0 saturated carbocycles. The molecule has 1 atom stereocenters. The predicted molar refractivity (Wildman–Crippen MR) is 68.0 cm³/mol. The molecule has 1 aliphatic rings. The molecule has 1 aromatic carbocycles. The van der Waals surface area contributed by atoms with E-state index in [1.165, 1.54) is 0 Å². The van der Waals surface area contributed by atoms with Gasteiger partial charge in [-0.05, 0) is 0 Å². The summed E-state index contributed by atoms with van der Waals surface area (Å²) in [5.41, 5.74) is -1.38. The molecule has 0 aromatic heterocycles. The molecule has 0 amide bonds. The Balaban J connectivity index is 2.42. The van der Waals surface area contributed by atoms with Gasteiger partial charge in [-0.3, -0.25) is 29.8 Å². The summed E-state index contributed by atoms with van der Waals surface area (Å²) in [4.78, 5) is 43.8. The van der Waals surface area contributed by atoms with Crippen LogP contribution in [-0.2, 0) is 9.53 Å². The first-order chi connectivity index (χ1) is 9.90. The number of carbonyl (C=O) groups is 2. The third-order valence-corrected chi connectivity index (χ3v) is 3.09. The van der Waals surface area contributed by atoms with Gasteiger partial charge in [0.25, 0.3) is 11.4 Å².